The van der Waals surface area contributed by atoms with Crippen molar-refractivity contribution >= 4 is 35.1 Å². The first-order chi connectivity index (χ1) is 12.5. The molecule has 0 radical (unpaired) electrons. The highest BCUT2D eigenvalue weighted by atomic mass is 35.5. The zero-order valence-electron chi connectivity index (χ0n) is 14.6. The van der Waals surface area contributed by atoms with E-state index in [1.807, 2.05) is 19.1 Å². The number of carbonyl (C=O) groups excluding carboxylic acids is 1. The maximum atomic E-state index is 12.4. The van der Waals surface area contributed by atoms with Crippen LogP contribution in [0.4, 0.5) is 5.95 Å². The average Bonchev–Trinajstić information content (AvgIpc) is 2.65. The number of nitrogens with one attached hydrogen (secondary N) is 2. The summed E-state index contributed by atoms with van der Waals surface area (Å²) >= 11 is 12.0. The summed E-state index contributed by atoms with van der Waals surface area (Å²) in [4.78, 5) is 24.3. The number of aromatic nitrogens is 2. The molecule has 3 rings (SSSR count). The van der Waals surface area contributed by atoms with Gasteiger partial charge in [-0.3, -0.25) is 4.79 Å². The predicted molar refractivity (Wildman–Crippen MR) is 103 cm³/mol. The Labute approximate surface area is 163 Å². The molecule has 6 nitrogen and oxygen atoms in total. The molecule has 2 N–H and O–H groups in total. The molecule has 0 unspecified atom stereocenters. The first-order valence-electron chi connectivity index (χ1n) is 8.63. The van der Waals surface area contributed by atoms with Gasteiger partial charge in [-0.2, -0.15) is 0 Å². The molecular weight excluding hydrogens is 373 g/mol. The molecule has 1 atom stereocenters. The summed E-state index contributed by atoms with van der Waals surface area (Å²) in [6, 6.07) is 7.11. The van der Waals surface area contributed by atoms with Crippen LogP contribution < -0.4 is 15.1 Å². The number of hydrogen-bond acceptors (Lipinski definition) is 4. The Morgan fingerprint density at radius 2 is 1.92 bits per heavy atom. The summed E-state index contributed by atoms with van der Waals surface area (Å²) in [7, 11) is 0. The van der Waals surface area contributed by atoms with Crippen molar-refractivity contribution < 1.29 is 9.69 Å². The highest BCUT2D eigenvalue weighted by Crippen LogP contribution is 2.25. The van der Waals surface area contributed by atoms with Crippen molar-refractivity contribution in [3.8, 4) is 0 Å². The molecule has 0 aliphatic carbocycles. The highest BCUT2D eigenvalue weighted by Gasteiger charge is 2.24. The van der Waals surface area contributed by atoms with Crippen LogP contribution >= 0.6 is 23.2 Å². The number of anilines is 1. The Morgan fingerprint density at radius 3 is 2.58 bits per heavy atom. The van der Waals surface area contributed by atoms with Crippen molar-refractivity contribution in [2.75, 3.05) is 37.6 Å². The molecule has 1 aromatic carbocycles. The number of benzene rings is 1. The molecule has 0 bridgehead atoms. The lowest BCUT2D eigenvalue weighted by Gasteiger charge is -2.31. The molecule has 1 aromatic heterocycles. The molecule has 1 fully saturated rings. The van der Waals surface area contributed by atoms with Gasteiger partial charge < -0.3 is 15.1 Å². The molecule has 0 spiro atoms. The lowest BCUT2D eigenvalue weighted by atomic mass is 10.1. The Morgan fingerprint density at radius 1 is 1.23 bits per heavy atom. The standard InChI is InChI=1S/C18H21Cl2N5O/c1-13(14-3-4-15(19)16(20)11-14)23-17(26)12-24-7-9-25(10-8-24)18-21-5-2-6-22-18/h2-6,11,13H,7-10,12H2,1H3,(H,23,26)/p+1/t13-/m0/s1. The van der Waals surface area contributed by atoms with Crippen LogP contribution in [0.25, 0.3) is 0 Å². The van der Waals surface area contributed by atoms with E-state index < -0.39 is 0 Å². The van der Waals surface area contributed by atoms with Gasteiger partial charge in [-0.1, -0.05) is 29.3 Å². The van der Waals surface area contributed by atoms with Crippen LogP contribution in [-0.2, 0) is 4.79 Å². The number of rotatable bonds is 5. The minimum Gasteiger partial charge on any atom is -0.345 e. The number of quaternary nitrogens is 1. The van der Waals surface area contributed by atoms with Crippen LogP contribution in [0.15, 0.2) is 36.7 Å². The summed E-state index contributed by atoms with van der Waals surface area (Å²) in [5.41, 5.74) is 0.939. The van der Waals surface area contributed by atoms with Crippen molar-refractivity contribution in [3.05, 3.63) is 52.3 Å². The van der Waals surface area contributed by atoms with Gasteiger partial charge in [0.05, 0.1) is 42.3 Å². The van der Waals surface area contributed by atoms with Gasteiger partial charge >= 0.3 is 0 Å². The summed E-state index contributed by atoms with van der Waals surface area (Å²) in [5, 5.41) is 4.04. The number of halogens is 2. The van der Waals surface area contributed by atoms with Gasteiger partial charge in [0.15, 0.2) is 6.54 Å². The van der Waals surface area contributed by atoms with E-state index in [2.05, 4.69) is 20.2 Å². The van der Waals surface area contributed by atoms with Crippen LogP contribution in [0.3, 0.4) is 0 Å². The Balaban J connectivity index is 1.47. The topological polar surface area (TPSA) is 62.6 Å². The second-order valence-electron chi connectivity index (χ2n) is 6.43. The molecule has 1 amide bonds. The van der Waals surface area contributed by atoms with Crippen molar-refractivity contribution in [1.29, 1.82) is 0 Å². The highest BCUT2D eigenvalue weighted by molar-refractivity contribution is 6.42. The largest absolute Gasteiger partial charge is 0.345 e. The molecule has 1 saturated heterocycles. The first kappa shape index (κ1) is 18.9. The van der Waals surface area contributed by atoms with Gasteiger partial charge in [0.25, 0.3) is 5.91 Å². The number of hydrogen-bond donors (Lipinski definition) is 2. The van der Waals surface area contributed by atoms with E-state index in [1.165, 1.54) is 4.90 Å². The van der Waals surface area contributed by atoms with Gasteiger partial charge in [0.1, 0.15) is 0 Å². The lowest BCUT2D eigenvalue weighted by molar-refractivity contribution is -0.892. The summed E-state index contributed by atoms with van der Waals surface area (Å²) in [5.74, 6) is 0.784. The fraction of sp³-hybridized carbons (Fsp3) is 0.389. The van der Waals surface area contributed by atoms with Crippen LogP contribution in [0, 0.1) is 0 Å². The normalized spacial score (nSPS) is 16.3. The number of piperazine rings is 1. The van der Waals surface area contributed by atoms with Crippen molar-refractivity contribution in [2.24, 2.45) is 0 Å². The molecule has 1 aliphatic heterocycles. The van der Waals surface area contributed by atoms with E-state index >= 15 is 0 Å². The van der Waals surface area contributed by atoms with Crippen molar-refractivity contribution in [1.82, 2.24) is 15.3 Å². The van der Waals surface area contributed by atoms with E-state index in [4.69, 9.17) is 23.2 Å². The van der Waals surface area contributed by atoms with Gasteiger partial charge in [-0.25, -0.2) is 9.97 Å². The van der Waals surface area contributed by atoms with Gasteiger partial charge in [-0.15, -0.1) is 0 Å². The van der Waals surface area contributed by atoms with E-state index in [0.717, 1.165) is 37.7 Å². The third-order valence-corrected chi connectivity index (χ3v) is 5.28. The number of carbonyl (C=O) groups is 1. The van der Waals surface area contributed by atoms with E-state index in [-0.39, 0.29) is 11.9 Å². The summed E-state index contributed by atoms with van der Waals surface area (Å²) < 4.78 is 0. The Hall–Kier alpha value is -1.89. The van der Waals surface area contributed by atoms with Gasteiger partial charge in [0, 0.05) is 12.4 Å². The SMILES string of the molecule is C[C@H](NC(=O)C[NH+]1CCN(c2ncccn2)CC1)c1ccc(Cl)c(Cl)c1. The first-order valence-corrected chi connectivity index (χ1v) is 9.38. The number of amides is 1. The fourth-order valence-corrected chi connectivity index (χ4v) is 3.35. The molecule has 1 aliphatic rings. The molecule has 2 aromatic rings. The second kappa shape index (κ2) is 8.66. The third kappa shape index (κ3) is 4.84. The van der Waals surface area contributed by atoms with Gasteiger partial charge in [-0.05, 0) is 30.7 Å². The minimum absolute atomic E-state index is 0.0305. The van der Waals surface area contributed by atoms with Crippen LogP contribution in [0.1, 0.15) is 18.5 Å². The maximum Gasteiger partial charge on any atom is 0.275 e. The minimum atomic E-state index is -0.115. The third-order valence-electron chi connectivity index (χ3n) is 4.54. The maximum absolute atomic E-state index is 12.4. The predicted octanol–water partition coefficient (Wildman–Crippen LogP) is 1.37. The van der Waals surface area contributed by atoms with E-state index in [0.29, 0.717) is 16.6 Å². The zero-order valence-corrected chi connectivity index (χ0v) is 16.1. The Bertz CT molecular complexity index is 751. The quantitative estimate of drug-likeness (QED) is 0.803. The smallest absolute Gasteiger partial charge is 0.275 e. The Kier molecular flexibility index (Phi) is 6.29. The van der Waals surface area contributed by atoms with Crippen LogP contribution in [0.2, 0.25) is 10.0 Å². The second-order valence-corrected chi connectivity index (χ2v) is 7.24. The van der Waals surface area contributed by atoms with Gasteiger partial charge in [0.2, 0.25) is 5.95 Å². The average molecular weight is 395 g/mol. The lowest BCUT2D eigenvalue weighted by Crippen LogP contribution is -3.16. The monoisotopic (exact) mass is 394 g/mol. The summed E-state index contributed by atoms with van der Waals surface area (Å²) in [6.07, 6.45) is 3.50. The zero-order chi connectivity index (χ0) is 18.5. The van der Waals surface area contributed by atoms with E-state index in [9.17, 15) is 4.79 Å². The molecule has 138 valence electrons. The van der Waals surface area contributed by atoms with Crippen molar-refractivity contribution in [2.45, 2.75) is 13.0 Å². The molecule has 8 heteroatoms. The molecule has 26 heavy (non-hydrogen) atoms. The van der Waals surface area contributed by atoms with Crippen molar-refractivity contribution in [3.63, 3.8) is 0 Å². The molecule has 0 saturated carbocycles. The molecule has 2 heterocycles. The fourth-order valence-electron chi connectivity index (χ4n) is 3.04. The molecular formula is C18H22Cl2N5O+. The summed E-state index contributed by atoms with van der Waals surface area (Å²) in [6.45, 7) is 5.84. The van der Waals surface area contributed by atoms with Crippen LogP contribution in [0.5, 0.6) is 0 Å². The van der Waals surface area contributed by atoms with E-state index in [1.54, 1.807) is 24.5 Å². The number of nitrogens with zero attached hydrogens (tertiary/aromatic N) is 3. The van der Waals surface area contributed by atoms with Crippen LogP contribution in [-0.4, -0.2) is 48.6 Å².